The number of benzene rings is 1. The van der Waals surface area contributed by atoms with Crippen molar-refractivity contribution in [2.24, 2.45) is 7.05 Å². The molecule has 1 heterocycles. The number of rotatable bonds is 4. The monoisotopic (exact) mass is 324 g/mol. The molecule has 0 bridgehead atoms. The second-order valence-corrected chi connectivity index (χ2v) is 5.42. The molecule has 1 atom stereocenters. The average Bonchev–Trinajstić information content (AvgIpc) is 2.67. The Morgan fingerprint density at radius 2 is 2.16 bits per heavy atom. The molecule has 19 heavy (non-hydrogen) atoms. The Kier molecular flexibility index (Phi) is 4.27. The van der Waals surface area contributed by atoms with Gasteiger partial charge < -0.3 is 9.84 Å². The van der Waals surface area contributed by atoms with Crippen LogP contribution in [-0.4, -0.2) is 22.0 Å². The van der Waals surface area contributed by atoms with E-state index in [0.717, 1.165) is 21.4 Å². The second kappa shape index (κ2) is 5.75. The van der Waals surface area contributed by atoms with Crippen LogP contribution in [0, 0.1) is 6.92 Å². The van der Waals surface area contributed by atoms with Crippen molar-refractivity contribution < 1.29 is 9.84 Å². The van der Waals surface area contributed by atoms with E-state index < -0.39 is 6.10 Å². The van der Waals surface area contributed by atoms with Crippen molar-refractivity contribution >= 4 is 15.9 Å². The quantitative estimate of drug-likeness (QED) is 0.940. The summed E-state index contributed by atoms with van der Waals surface area (Å²) >= 11 is 3.41. The predicted molar refractivity (Wildman–Crippen MR) is 77.3 cm³/mol. The van der Waals surface area contributed by atoms with Gasteiger partial charge in [-0.3, -0.25) is 4.68 Å². The summed E-state index contributed by atoms with van der Waals surface area (Å²) in [6, 6.07) is 7.60. The van der Waals surface area contributed by atoms with Crippen molar-refractivity contribution in [1.29, 1.82) is 0 Å². The zero-order valence-corrected chi connectivity index (χ0v) is 12.8. The summed E-state index contributed by atoms with van der Waals surface area (Å²) in [5.74, 6) is 0.689. The normalized spacial score (nSPS) is 12.5. The van der Waals surface area contributed by atoms with Crippen LogP contribution >= 0.6 is 15.9 Å². The molecule has 0 spiro atoms. The molecule has 0 aliphatic carbocycles. The lowest BCUT2D eigenvalue weighted by molar-refractivity contribution is 0.171. The number of hydrogen-bond acceptors (Lipinski definition) is 3. The fourth-order valence-corrected chi connectivity index (χ4v) is 2.51. The molecule has 1 unspecified atom stereocenters. The minimum atomic E-state index is -0.623. The van der Waals surface area contributed by atoms with Gasteiger partial charge in [0, 0.05) is 29.2 Å². The minimum absolute atomic E-state index is 0.504. The number of ether oxygens (including phenoxy) is 1. The molecule has 0 fully saturated rings. The smallest absolute Gasteiger partial charge is 0.124 e. The highest BCUT2D eigenvalue weighted by molar-refractivity contribution is 9.10. The molecule has 0 saturated carbocycles. The molecule has 1 aromatic heterocycles. The van der Waals surface area contributed by atoms with E-state index in [1.54, 1.807) is 11.8 Å². The molecule has 5 heteroatoms. The maximum atomic E-state index is 10.4. The second-order valence-electron chi connectivity index (χ2n) is 4.51. The topological polar surface area (TPSA) is 47.3 Å². The third-order valence-electron chi connectivity index (χ3n) is 3.05. The molecule has 2 rings (SSSR count). The van der Waals surface area contributed by atoms with Crippen LogP contribution < -0.4 is 4.74 Å². The van der Waals surface area contributed by atoms with Crippen LogP contribution in [0.4, 0.5) is 0 Å². The zero-order valence-electron chi connectivity index (χ0n) is 11.2. The first-order valence-corrected chi connectivity index (χ1v) is 6.81. The number of hydrogen-bond donors (Lipinski definition) is 1. The third kappa shape index (κ3) is 3.16. The number of halogens is 1. The summed E-state index contributed by atoms with van der Waals surface area (Å²) in [7, 11) is 3.49. The van der Waals surface area contributed by atoms with Gasteiger partial charge >= 0.3 is 0 Å². The highest BCUT2D eigenvalue weighted by atomic mass is 79.9. The van der Waals surface area contributed by atoms with Crippen molar-refractivity contribution in [3.8, 4) is 5.75 Å². The van der Waals surface area contributed by atoms with Crippen LogP contribution in [0.2, 0.25) is 0 Å². The first-order chi connectivity index (χ1) is 9.01. The number of nitrogens with zero attached hydrogens (tertiary/aromatic N) is 2. The fraction of sp³-hybridized carbons (Fsp3) is 0.357. The zero-order chi connectivity index (χ0) is 14.0. The van der Waals surface area contributed by atoms with E-state index in [-0.39, 0.29) is 0 Å². The first kappa shape index (κ1) is 14.1. The van der Waals surface area contributed by atoms with Gasteiger partial charge in [0.15, 0.2) is 0 Å². The van der Waals surface area contributed by atoms with Crippen LogP contribution in [0.15, 0.2) is 28.7 Å². The average molecular weight is 325 g/mol. The van der Waals surface area contributed by atoms with Crippen LogP contribution in [0.3, 0.4) is 0 Å². The van der Waals surface area contributed by atoms with Crippen molar-refractivity contribution in [2.75, 3.05) is 7.11 Å². The summed E-state index contributed by atoms with van der Waals surface area (Å²) in [4.78, 5) is 0. The summed E-state index contributed by atoms with van der Waals surface area (Å²) < 4.78 is 8.01. The molecule has 1 aromatic carbocycles. The van der Waals surface area contributed by atoms with Crippen molar-refractivity contribution in [2.45, 2.75) is 19.4 Å². The van der Waals surface area contributed by atoms with Gasteiger partial charge in [-0.05, 0) is 31.2 Å². The molecular formula is C14H17BrN2O2. The lowest BCUT2D eigenvalue weighted by Crippen LogP contribution is -2.07. The molecular weight excluding hydrogens is 308 g/mol. The third-order valence-corrected chi connectivity index (χ3v) is 3.55. The molecule has 2 aromatic rings. The van der Waals surface area contributed by atoms with Crippen molar-refractivity contribution in [3.63, 3.8) is 0 Å². The van der Waals surface area contributed by atoms with Crippen LogP contribution in [-0.2, 0) is 13.5 Å². The van der Waals surface area contributed by atoms with E-state index in [2.05, 4.69) is 21.0 Å². The molecule has 0 saturated heterocycles. The largest absolute Gasteiger partial charge is 0.496 e. The molecule has 0 aliphatic rings. The molecule has 1 N–H and O–H groups in total. The highest BCUT2D eigenvalue weighted by Crippen LogP contribution is 2.30. The standard InChI is InChI=1S/C14H17BrN2O2/c1-9-6-11(17(2)16-9)8-13(18)12-7-10(15)4-5-14(12)19-3/h4-7,13,18H,8H2,1-3H3. The van der Waals surface area contributed by atoms with Gasteiger partial charge in [0.2, 0.25) is 0 Å². The number of methoxy groups -OCH3 is 1. The fourth-order valence-electron chi connectivity index (χ4n) is 2.13. The number of aliphatic hydroxyl groups is 1. The van der Waals surface area contributed by atoms with Gasteiger partial charge in [0.25, 0.3) is 0 Å². The number of aryl methyl sites for hydroxylation is 2. The SMILES string of the molecule is COc1ccc(Br)cc1C(O)Cc1cc(C)nn1C. The lowest BCUT2D eigenvalue weighted by atomic mass is 10.0. The summed E-state index contributed by atoms with van der Waals surface area (Å²) in [5, 5.41) is 14.7. The van der Waals surface area contributed by atoms with Crippen LogP contribution in [0.25, 0.3) is 0 Å². The summed E-state index contributed by atoms with van der Waals surface area (Å²) in [6.45, 7) is 1.94. The van der Waals surface area contributed by atoms with E-state index >= 15 is 0 Å². The van der Waals surface area contributed by atoms with Crippen LogP contribution in [0.5, 0.6) is 5.75 Å². The summed E-state index contributed by atoms with van der Waals surface area (Å²) in [5.41, 5.74) is 2.72. The first-order valence-electron chi connectivity index (χ1n) is 6.02. The Balaban J connectivity index is 2.26. The number of aromatic nitrogens is 2. The molecule has 102 valence electrons. The highest BCUT2D eigenvalue weighted by Gasteiger charge is 2.16. The van der Waals surface area contributed by atoms with E-state index in [0.29, 0.717) is 12.2 Å². The van der Waals surface area contributed by atoms with Crippen molar-refractivity contribution in [1.82, 2.24) is 9.78 Å². The van der Waals surface area contributed by atoms with Crippen molar-refractivity contribution in [3.05, 3.63) is 45.7 Å². The van der Waals surface area contributed by atoms with Gasteiger partial charge in [0.1, 0.15) is 5.75 Å². The van der Waals surface area contributed by atoms with Crippen LogP contribution in [0.1, 0.15) is 23.1 Å². The molecule has 0 radical (unpaired) electrons. The maximum absolute atomic E-state index is 10.4. The minimum Gasteiger partial charge on any atom is -0.496 e. The Morgan fingerprint density at radius 3 is 2.74 bits per heavy atom. The van der Waals surface area contributed by atoms with E-state index in [4.69, 9.17) is 4.74 Å². The van der Waals surface area contributed by atoms with Gasteiger partial charge in [-0.25, -0.2) is 0 Å². The maximum Gasteiger partial charge on any atom is 0.124 e. The van der Waals surface area contributed by atoms with E-state index in [9.17, 15) is 5.11 Å². The van der Waals surface area contributed by atoms with Gasteiger partial charge in [0.05, 0.1) is 18.9 Å². The Labute approximate surface area is 121 Å². The predicted octanol–water partition coefficient (Wildman–Crippen LogP) is 2.78. The lowest BCUT2D eigenvalue weighted by Gasteiger charge is -2.15. The Hall–Kier alpha value is -1.33. The van der Waals surface area contributed by atoms with E-state index in [1.807, 2.05) is 38.2 Å². The van der Waals surface area contributed by atoms with Gasteiger partial charge in [-0.1, -0.05) is 15.9 Å². The van der Waals surface area contributed by atoms with Gasteiger partial charge in [-0.15, -0.1) is 0 Å². The Morgan fingerprint density at radius 1 is 1.42 bits per heavy atom. The van der Waals surface area contributed by atoms with E-state index in [1.165, 1.54) is 0 Å². The molecule has 0 amide bonds. The molecule has 4 nitrogen and oxygen atoms in total. The molecule has 0 aliphatic heterocycles. The van der Waals surface area contributed by atoms with Gasteiger partial charge in [-0.2, -0.15) is 5.10 Å². The number of aliphatic hydroxyl groups excluding tert-OH is 1. The summed E-state index contributed by atoms with van der Waals surface area (Å²) in [6.07, 6.45) is -0.119. The Bertz CT molecular complexity index is 581.